The molecule has 0 fully saturated rings. The van der Waals surface area contributed by atoms with E-state index in [2.05, 4.69) is 86.8 Å². The molecule has 0 aliphatic rings. The lowest BCUT2D eigenvalue weighted by Gasteiger charge is -2.20. The van der Waals surface area contributed by atoms with E-state index >= 15 is 0 Å². The second-order valence-electron chi connectivity index (χ2n) is 12.9. The van der Waals surface area contributed by atoms with Crippen molar-refractivity contribution in [3.8, 4) is 0 Å². The van der Waals surface area contributed by atoms with Crippen LogP contribution in [0.3, 0.4) is 0 Å². The number of aliphatic hydroxyl groups excluding tert-OH is 2. The number of hydrogen-bond donors (Lipinski definition) is 3. The van der Waals surface area contributed by atoms with Gasteiger partial charge in [-0.25, -0.2) is 4.57 Å². The standard InChI is InChI=1S/C42H73O9P/c1-3-5-7-9-11-13-15-17-19-21-23-25-27-29-31-33-35-48-38-41(39-50-52(46,47)49-37-40(44)36-43)51-42(45)34-32-30-28-26-24-22-20-18-16-14-12-10-8-6-4-2/h5-8,11-14,17-20,40-41,43-44H,3-4,9-10,15-16,21-39H2,1-2H3,(H,46,47)/b7-5-,8-6-,13-11-,14-12-,19-17-,20-18-. The number of esters is 1. The molecular weight excluding hydrogens is 679 g/mol. The SMILES string of the molecule is CC/C=C\C/C=C\C/C=C\CCCCCCCCOCC(COP(=O)(O)OCC(O)CO)OC(=O)CCCCCCC/C=C\C/C=C\C/C=C\CC. The molecule has 0 amide bonds. The summed E-state index contributed by atoms with van der Waals surface area (Å²) in [7, 11) is -4.53. The molecule has 3 unspecified atom stereocenters. The molecule has 0 aliphatic carbocycles. The van der Waals surface area contributed by atoms with Gasteiger partial charge < -0.3 is 24.6 Å². The second kappa shape index (κ2) is 38.6. The lowest BCUT2D eigenvalue weighted by molar-refractivity contribution is -0.154. The normalized spacial score (nSPS) is 14.9. The molecule has 52 heavy (non-hydrogen) atoms. The van der Waals surface area contributed by atoms with Gasteiger partial charge in [0.1, 0.15) is 12.2 Å². The van der Waals surface area contributed by atoms with Gasteiger partial charge in [0.2, 0.25) is 0 Å². The van der Waals surface area contributed by atoms with Crippen LogP contribution in [0.1, 0.15) is 142 Å². The van der Waals surface area contributed by atoms with Crippen LogP contribution in [0.4, 0.5) is 0 Å². The first-order valence-corrected chi connectivity index (χ1v) is 21.4. The first-order valence-electron chi connectivity index (χ1n) is 19.9. The lowest BCUT2D eigenvalue weighted by Crippen LogP contribution is -2.29. The molecule has 0 aliphatic heterocycles. The summed E-state index contributed by atoms with van der Waals surface area (Å²) >= 11 is 0. The number of unbranched alkanes of at least 4 members (excludes halogenated alkanes) is 11. The summed E-state index contributed by atoms with van der Waals surface area (Å²) in [5.41, 5.74) is 0. The molecule has 0 heterocycles. The Morgan fingerprint density at radius 2 is 1.04 bits per heavy atom. The van der Waals surface area contributed by atoms with Crippen molar-refractivity contribution in [1.29, 1.82) is 0 Å². The van der Waals surface area contributed by atoms with E-state index in [-0.39, 0.29) is 13.0 Å². The third-order valence-electron chi connectivity index (χ3n) is 7.89. The third-order valence-corrected chi connectivity index (χ3v) is 8.84. The maximum Gasteiger partial charge on any atom is 0.472 e. The van der Waals surface area contributed by atoms with Crippen molar-refractivity contribution in [2.75, 3.05) is 33.0 Å². The van der Waals surface area contributed by atoms with Crippen LogP contribution >= 0.6 is 7.82 Å². The molecule has 9 nitrogen and oxygen atoms in total. The summed E-state index contributed by atoms with van der Waals surface area (Å²) in [4.78, 5) is 22.5. The van der Waals surface area contributed by atoms with Gasteiger partial charge in [0.15, 0.2) is 0 Å². The quantitative estimate of drug-likeness (QED) is 0.0245. The zero-order chi connectivity index (χ0) is 38.2. The molecule has 0 aromatic carbocycles. The number of ether oxygens (including phenoxy) is 2. The number of carbonyl (C=O) groups excluding carboxylic acids is 1. The topological polar surface area (TPSA) is 132 Å². The van der Waals surface area contributed by atoms with Crippen LogP contribution in [-0.4, -0.2) is 66.3 Å². The van der Waals surface area contributed by atoms with Crippen LogP contribution in [0.15, 0.2) is 72.9 Å². The predicted molar refractivity (Wildman–Crippen MR) is 214 cm³/mol. The average Bonchev–Trinajstić information content (AvgIpc) is 3.13. The summed E-state index contributed by atoms with van der Waals surface area (Å²) in [6, 6.07) is 0. The molecule has 0 radical (unpaired) electrons. The van der Waals surface area contributed by atoms with Crippen molar-refractivity contribution >= 4 is 13.8 Å². The predicted octanol–water partition coefficient (Wildman–Crippen LogP) is 10.6. The van der Waals surface area contributed by atoms with E-state index in [0.717, 1.165) is 96.3 Å². The third kappa shape index (κ3) is 37.7. The van der Waals surface area contributed by atoms with Gasteiger partial charge in [0.05, 0.1) is 26.4 Å². The smallest absolute Gasteiger partial charge is 0.457 e. The summed E-state index contributed by atoms with van der Waals surface area (Å²) in [6.45, 7) is 3.21. The minimum atomic E-state index is -4.53. The average molecular weight is 753 g/mol. The highest BCUT2D eigenvalue weighted by Crippen LogP contribution is 2.43. The Kier molecular flexibility index (Phi) is 37.1. The van der Waals surface area contributed by atoms with E-state index in [1.165, 1.54) is 19.3 Å². The molecule has 0 saturated heterocycles. The number of allylic oxidation sites excluding steroid dienone is 12. The Labute approximate surface area is 316 Å². The van der Waals surface area contributed by atoms with Crippen LogP contribution < -0.4 is 0 Å². The van der Waals surface area contributed by atoms with Crippen molar-refractivity contribution in [1.82, 2.24) is 0 Å². The minimum Gasteiger partial charge on any atom is -0.457 e. The van der Waals surface area contributed by atoms with Gasteiger partial charge >= 0.3 is 13.8 Å². The minimum absolute atomic E-state index is 0.0290. The van der Waals surface area contributed by atoms with E-state index in [1.807, 2.05) is 0 Å². The van der Waals surface area contributed by atoms with Crippen molar-refractivity contribution in [2.45, 2.75) is 154 Å². The van der Waals surface area contributed by atoms with Crippen LogP contribution in [0.2, 0.25) is 0 Å². The first-order chi connectivity index (χ1) is 25.3. The fourth-order valence-electron chi connectivity index (χ4n) is 4.91. The number of carbonyl (C=O) groups is 1. The highest BCUT2D eigenvalue weighted by molar-refractivity contribution is 7.47. The van der Waals surface area contributed by atoms with E-state index in [0.29, 0.717) is 13.0 Å². The Morgan fingerprint density at radius 1 is 0.596 bits per heavy atom. The zero-order valence-electron chi connectivity index (χ0n) is 32.5. The Balaban J connectivity index is 4.28. The number of hydrogen-bond acceptors (Lipinski definition) is 8. The summed E-state index contributed by atoms with van der Waals surface area (Å²) in [5, 5.41) is 18.3. The maximum absolute atomic E-state index is 12.6. The molecule has 0 aromatic rings. The van der Waals surface area contributed by atoms with Gasteiger partial charge in [0, 0.05) is 13.0 Å². The van der Waals surface area contributed by atoms with Gasteiger partial charge in [-0.2, -0.15) is 0 Å². The van der Waals surface area contributed by atoms with Crippen molar-refractivity contribution < 1.29 is 43.0 Å². The summed E-state index contributed by atoms with van der Waals surface area (Å²) in [6.07, 6.45) is 44.3. The van der Waals surface area contributed by atoms with Crippen LogP contribution in [0, 0.1) is 0 Å². The van der Waals surface area contributed by atoms with Crippen molar-refractivity contribution in [3.63, 3.8) is 0 Å². The highest BCUT2D eigenvalue weighted by Gasteiger charge is 2.26. The molecule has 10 heteroatoms. The molecular formula is C42H73O9P. The fraction of sp³-hybridized carbons (Fsp3) is 0.690. The maximum atomic E-state index is 12.6. The van der Waals surface area contributed by atoms with Gasteiger partial charge in [-0.3, -0.25) is 13.8 Å². The molecule has 3 N–H and O–H groups in total. The van der Waals surface area contributed by atoms with Crippen molar-refractivity contribution in [3.05, 3.63) is 72.9 Å². The molecule has 0 rings (SSSR count). The molecule has 300 valence electrons. The number of rotatable bonds is 37. The highest BCUT2D eigenvalue weighted by atomic mass is 31.2. The summed E-state index contributed by atoms with van der Waals surface area (Å²) in [5.74, 6) is -0.408. The van der Waals surface area contributed by atoms with Gasteiger partial charge in [-0.05, 0) is 77.0 Å². The van der Waals surface area contributed by atoms with Crippen LogP contribution in [-0.2, 0) is 27.9 Å². The van der Waals surface area contributed by atoms with Crippen LogP contribution in [0.5, 0.6) is 0 Å². The monoisotopic (exact) mass is 752 g/mol. The van der Waals surface area contributed by atoms with Gasteiger partial charge in [-0.1, -0.05) is 132 Å². The Morgan fingerprint density at radius 3 is 1.56 bits per heavy atom. The van der Waals surface area contributed by atoms with E-state index in [4.69, 9.17) is 23.6 Å². The Hall–Kier alpha value is -2.10. The molecule has 0 spiro atoms. The zero-order valence-corrected chi connectivity index (χ0v) is 33.4. The largest absolute Gasteiger partial charge is 0.472 e. The number of phosphoric ester groups is 1. The fourth-order valence-corrected chi connectivity index (χ4v) is 5.70. The number of phosphoric acid groups is 1. The Bertz CT molecular complexity index is 1030. The van der Waals surface area contributed by atoms with Crippen molar-refractivity contribution in [2.24, 2.45) is 0 Å². The molecule has 0 bridgehead atoms. The summed E-state index contributed by atoms with van der Waals surface area (Å²) < 4.78 is 33.3. The van der Waals surface area contributed by atoms with E-state index in [9.17, 15) is 19.4 Å². The van der Waals surface area contributed by atoms with E-state index < -0.39 is 45.8 Å². The molecule has 3 atom stereocenters. The first kappa shape index (κ1) is 49.9. The van der Waals surface area contributed by atoms with Crippen LogP contribution in [0.25, 0.3) is 0 Å². The molecule has 0 saturated carbocycles. The van der Waals surface area contributed by atoms with Gasteiger partial charge in [-0.15, -0.1) is 0 Å². The lowest BCUT2D eigenvalue weighted by atomic mass is 10.1. The second-order valence-corrected chi connectivity index (χ2v) is 14.3. The van der Waals surface area contributed by atoms with E-state index in [1.54, 1.807) is 0 Å². The molecule has 0 aromatic heterocycles. The van der Waals surface area contributed by atoms with Gasteiger partial charge in [0.25, 0.3) is 0 Å². The number of aliphatic hydroxyl groups is 2.